The summed E-state index contributed by atoms with van der Waals surface area (Å²) in [4.78, 5) is -0.446. The molecule has 0 aliphatic carbocycles. The van der Waals surface area contributed by atoms with Crippen molar-refractivity contribution in [1.82, 2.24) is 4.31 Å². The highest BCUT2D eigenvalue weighted by Gasteiger charge is 2.37. The molecule has 0 bridgehead atoms. The topological polar surface area (TPSA) is 63.4 Å². The van der Waals surface area contributed by atoms with Gasteiger partial charge in [-0.05, 0) is 31.4 Å². The first-order valence-corrected chi connectivity index (χ1v) is 7.81. The number of nitrogens with zero attached hydrogens (tertiary/aromatic N) is 1. The number of nitrogen functional groups attached to an aromatic ring is 1. The van der Waals surface area contributed by atoms with Gasteiger partial charge >= 0.3 is 0 Å². The summed E-state index contributed by atoms with van der Waals surface area (Å²) in [6.45, 7) is 4.16. The third kappa shape index (κ3) is 2.57. The Hall–Kier alpha value is -0.850. The lowest BCUT2D eigenvalue weighted by Gasteiger charge is -2.21. The Labute approximate surface area is 117 Å². The maximum absolute atomic E-state index is 14.0. The minimum atomic E-state index is -3.90. The van der Waals surface area contributed by atoms with Crippen LogP contribution in [-0.4, -0.2) is 25.3 Å². The molecule has 1 fully saturated rings. The van der Waals surface area contributed by atoms with Crippen molar-refractivity contribution in [1.29, 1.82) is 0 Å². The van der Waals surface area contributed by atoms with E-state index in [9.17, 15) is 12.8 Å². The lowest BCUT2D eigenvalue weighted by atomic mass is 10.1. The van der Waals surface area contributed by atoms with E-state index >= 15 is 0 Å². The van der Waals surface area contributed by atoms with E-state index in [-0.39, 0.29) is 22.7 Å². The molecule has 4 nitrogen and oxygen atoms in total. The van der Waals surface area contributed by atoms with E-state index in [0.717, 1.165) is 12.5 Å². The van der Waals surface area contributed by atoms with Gasteiger partial charge in [0.1, 0.15) is 4.90 Å². The number of sulfonamides is 1. The zero-order chi connectivity index (χ0) is 14.4. The van der Waals surface area contributed by atoms with Gasteiger partial charge in [0.05, 0.1) is 5.02 Å². The lowest BCUT2D eigenvalue weighted by molar-refractivity contribution is 0.402. The van der Waals surface area contributed by atoms with Crippen molar-refractivity contribution < 1.29 is 12.8 Å². The maximum atomic E-state index is 14.0. The number of hydrogen-bond acceptors (Lipinski definition) is 3. The first kappa shape index (κ1) is 14.6. The second-order valence-corrected chi connectivity index (χ2v) is 7.35. The molecule has 0 saturated carbocycles. The Morgan fingerprint density at radius 2 is 2.05 bits per heavy atom. The van der Waals surface area contributed by atoms with Gasteiger partial charge in [-0.2, -0.15) is 4.31 Å². The zero-order valence-corrected chi connectivity index (χ0v) is 12.3. The van der Waals surface area contributed by atoms with Crippen molar-refractivity contribution in [2.75, 3.05) is 12.3 Å². The van der Waals surface area contributed by atoms with Crippen LogP contribution in [0.25, 0.3) is 0 Å². The fourth-order valence-electron chi connectivity index (χ4n) is 2.49. The van der Waals surface area contributed by atoms with Crippen LogP contribution in [0.5, 0.6) is 0 Å². The third-order valence-electron chi connectivity index (χ3n) is 3.33. The standard InChI is InChI=1S/C12H16ClFN2O2S/c1-7-3-8(2)16(6-7)19(17,18)11-5-9(15)4-10(13)12(11)14/h4-5,7-8H,3,6,15H2,1-2H3. The largest absolute Gasteiger partial charge is 0.399 e. The van der Waals surface area contributed by atoms with E-state index < -0.39 is 20.7 Å². The smallest absolute Gasteiger partial charge is 0.246 e. The number of nitrogens with two attached hydrogens (primary N) is 1. The second-order valence-electron chi connectivity index (χ2n) is 5.08. The second kappa shape index (κ2) is 4.92. The van der Waals surface area contributed by atoms with Gasteiger partial charge in [0, 0.05) is 18.3 Å². The van der Waals surface area contributed by atoms with Gasteiger partial charge in [-0.1, -0.05) is 18.5 Å². The number of rotatable bonds is 2. The maximum Gasteiger partial charge on any atom is 0.246 e. The molecular weight excluding hydrogens is 291 g/mol. The van der Waals surface area contributed by atoms with E-state index in [4.69, 9.17) is 17.3 Å². The average Bonchev–Trinajstić information content (AvgIpc) is 2.63. The molecule has 1 aliphatic heterocycles. The van der Waals surface area contributed by atoms with Gasteiger partial charge in [0.25, 0.3) is 0 Å². The highest BCUT2D eigenvalue weighted by molar-refractivity contribution is 7.89. The Morgan fingerprint density at radius 3 is 2.58 bits per heavy atom. The van der Waals surface area contributed by atoms with Crippen LogP contribution < -0.4 is 5.73 Å². The van der Waals surface area contributed by atoms with Crippen molar-refractivity contribution in [2.45, 2.75) is 31.2 Å². The Morgan fingerprint density at radius 1 is 1.42 bits per heavy atom. The fraction of sp³-hybridized carbons (Fsp3) is 0.500. The molecule has 1 aromatic rings. The zero-order valence-electron chi connectivity index (χ0n) is 10.7. The predicted octanol–water partition coefficient (Wildman–Crippen LogP) is 2.48. The van der Waals surface area contributed by atoms with E-state index in [0.29, 0.717) is 6.54 Å². The molecule has 0 spiro atoms. The first-order valence-electron chi connectivity index (χ1n) is 6.00. The molecule has 1 heterocycles. The summed E-state index contributed by atoms with van der Waals surface area (Å²) in [5.74, 6) is -0.688. The summed E-state index contributed by atoms with van der Waals surface area (Å²) in [6, 6.07) is 2.16. The molecule has 1 aliphatic rings. The van der Waals surface area contributed by atoms with Gasteiger partial charge in [-0.15, -0.1) is 0 Å². The van der Waals surface area contributed by atoms with Crippen molar-refractivity contribution in [3.63, 3.8) is 0 Å². The van der Waals surface area contributed by atoms with Crippen LogP contribution in [0.3, 0.4) is 0 Å². The summed E-state index contributed by atoms with van der Waals surface area (Å²) < 4.78 is 40.2. The van der Waals surface area contributed by atoms with Crippen LogP contribution in [0.2, 0.25) is 5.02 Å². The molecule has 7 heteroatoms. The molecular formula is C12H16ClFN2O2S. The molecule has 2 N–H and O–H groups in total. The van der Waals surface area contributed by atoms with E-state index in [1.54, 1.807) is 0 Å². The van der Waals surface area contributed by atoms with E-state index in [1.165, 1.54) is 10.4 Å². The van der Waals surface area contributed by atoms with Crippen LogP contribution in [0.4, 0.5) is 10.1 Å². The molecule has 106 valence electrons. The quantitative estimate of drug-likeness (QED) is 0.854. The summed E-state index contributed by atoms with van der Waals surface area (Å²) in [7, 11) is -3.90. The third-order valence-corrected chi connectivity index (χ3v) is 5.58. The number of anilines is 1. The van der Waals surface area contributed by atoms with E-state index in [2.05, 4.69) is 0 Å². The highest BCUT2D eigenvalue weighted by atomic mass is 35.5. The van der Waals surface area contributed by atoms with Crippen LogP contribution in [0.15, 0.2) is 17.0 Å². The molecule has 0 amide bonds. The fourth-order valence-corrected chi connectivity index (χ4v) is 4.66. The summed E-state index contributed by atoms with van der Waals surface area (Å²) in [5.41, 5.74) is 5.68. The minimum Gasteiger partial charge on any atom is -0.399 e. The van der Waals surface area contributed by atoms with Gasteiger partial charge in [0.15, 0.2) is 5.82 Å². The number of hydrogen-bond donors (Lipinski definition) is 1. The summed E-state index contributed by atoms with van der Waals surface area (Å²) in [6.07, 6.45) is 0.761. The van der Waals surface area contributed by atoms with Gasteiger partial charge in [-0.3, -0.25) is 0 Å². The molecule has 1 aromatic carbocycles. The van der Waals surface area contributed by atoms with Crippen molar-refractivity contribution in [3.8, 4) is 0 Å². The van der Waals surface area contributed by atoms with Crippen molar-refractivity contribution >= 4 is 27.3 Å². The monoisotopic (exact) mass is 306 g/mol. The molecule has 2 atom stereocenters. The van der Waals surface area contributed by atoms with Crippen LogP contribution in [0.1, 0.15) is 20.3 Å². The molecule has 0 radical (unpaired) electrons. The van der Waals surface area contributed by atoms with Crippen molar-refractivity contribution in [3.05, 3.63) is 23.0 Å². The first-order chi connectivity index (χ1) is 8.73. The Bertz CT molecular complexity index is 606. The molecule has 0 aromatic heterocycles. The number of halogens is 2. The molecule has 2 rings (SSSR count). The van der Waals surface area contributed by atoms with Crippen LogP contribution >= 0.6 is 11.6 Å². The van der Waals surface area contributed by atoms with Crippen LogP contribution in [-0.2, 0) is 10.0 Å². The Kier molecular flexibility index (Phi) is 3.77. The SMILES string of the molecule is CC1CC(C)N(S(=O)(=O)c2cc(N)cc(Cl)c2F)C1. The highest BCUT2D eigenvalue weighted by Crippen LogP contribution is 2.33. The van der Waals surface area contributed by atoms with Gasteiger partial charge < -0.3 is 5.73 Å². The van der Waals surface area contributed by atoms with Gasteiger partial charge in [-0.25, -0.2) is 12.8 Å². The Balaban J connectivity index is 2.52. The van der Waals surface area contributed by atoms with E-state index in [1.807, 2.05) is 13.8 Å². The molecule has 1 saturated heterocycles. The number of benzene rings is 1. The predicted molar refractivity (Wildman–Crippen MR) is 73.0 cm³/mol. The van der Waals surface area contributed by atoms with Gasteiger partial charge in [0.2, 0.25) is 10.0 Å². The molecule has 2 unspecified atom stereocenters. The summed E-state index contributed by atoms with van der Waals surface area (Å²) in [5, 5.41) is -0.279. The molecule has 19 heavy (non-hydrogen) atoms. The average molecular weight is 307 g/mol. The minimum absolute atomic E-state index is 0.130. The normalized spacial score (nSPS) is 24.8. The van der Waals surface area contributed by atoms with Crippen molar-refractivity contribution in [2.24, 2.45) is 5.92 Å². The lowest BCUT2D eigenvalue weighted by Crippen LogP contribution is -2.34. The summed E-state index contributed by atoms with van der Waals surface area (Å²) >= 11 is 5.66. The van der Waals surface area contributed by atoms with Crippen LogP contribution in [0, 0.1) is 11.7 Å².